The van der Waals surface area contributed by atoms with Crippen molar-refractivity contribution in [2.24, 2.45) is 0 Å². The molecule has 1 aromatic heterocycles. The summed E-state index contributed by atoms with van der Waals surface area (Å²) in [7, 11) is 0. The molecule has 124 valence electrons. The van der Waals surface area contributed by atoms with E-state index in [0.717, 1.165) is 0 Å². The van der Waals surface area contributed by atoms with Crippen LogP contribution < -0.4 is 11.1 Å². The molecule has 1 amide bonds. The fraction of sp³-hybridized carbons (Fsp3) is 0. The zero-order valence-electron chi connectivity index (χ0n) is 13.0. The molecule has 0 unspecified atom stereocenters. The topological polar surface area (TPSA) is 118 Å². The minimum Gasteiger partial charge on any atom is -0.478 e. The molecule has 7 nitrogen and oxygen atoms in total. The zero-order chi connectivity index (χ0) is 17.8. The Labute approximate surface area is 143 Å². The van der Waals surface area contributed by atoms with Crippen LogP contribution >= 0.6 is 0 Å². The molecule has 0 atom stereocenters. The summed E-state index contributed by atoms with van der Waals surface area (Å²) in [6.07, 6.45) is 1.43. The maximum Gasteiger partial charge on any atom is 0.335 e. The lowest BCUT2D eigenvalue weighted by molar-refractivity contribution is 0.0696. The molecule has 0 aliphatic carbocycles. The number of carboxylic acids is 1. The number of carboxylic acid groups (broad SMARTS) is 1. The number of carbonyl (C=O) groups excluding carboxylic acids is 1. The fourth-order valence-corrected chi connectivity index (χ4v) is 2.20. The third-order valence-electron chi connectivity index (χ3n) is 3.48. The van der Waals surface area contributed by atoms with Gasteiger partial charge >= 0.3 is 5.97 Å². The van der Waals surface area contributed by atoms with Crippen LogP contribution in [0.25, 0.3) is 11.3 Å². The molecule has 0 saturated carbocycles. The highest BCUT2D eigenvalue weighted by Gasteiger charge is 2.15. The molecule has 0 radical (unpaired) electrons. The van der Waals surface area contributed by atoms with Crippen LogP contribution in [0.15, 0.2) is 60.8 Å². The summed E-state index contributed by atoms with van der Waals surface area (Å²) >= 11 is 0. The predicted octanol–water partition coefficient (Wildman–Crippen LogP) is 2.68. The van der Waals surface area contributed by atoms with E-state index in [1.165, 1.54) is 18.3 Å². The molecule has 1 heterocycles. The summed E-state index contributed by atoms with van der Waals surface area (Å²) in [5.41, 5.74) is 7.61. The third-order valence-corrected chi connectivity index (χ3v) is 3.48. The number of para-hydroxylation sites is 1. The van der Waals surface area contributed by atoms with Crippen molar-refractivity contribution in [3.63, 3.8) is 0 Å². The van der Waals surface area contributed by atoms with Gasteiger partial charge in [0.2, 0.25) is 0 Å². The lowest BCUT2D eigenvalue weighted by Gasteiger charge is -2.08. The van der Waals surface area contributed by atoms with Gasteiger partial charge in [0, 0.05) is 11.3 Å². The van der Waals surface area contributed by atoms with Crippen molar-refractivity contribution in [1.82, 2.24) is 9.97 Å². The molecule has 7 heteroatoms. The molecule has 0 aliphatic rings. The van der Waals surface area contributed by atoms with Gasteiger partial charge in [-0.15, -0.1) is 0 Å². The number of rotatable bonds is 4. The Hall–Kier alpha value is -3.74. The monoisotopic (exact) mass is 334 g/mol. The summed E-state index contributed by atoms with van der Waals surface area (Å²) in [6.45, 7) is 0. The van der Waals surface area contributed by atoms with Crippen LogP contribution in [0.1, 0.15) is 20.8 Å². The van der Waals surface area contributed by atoms with Gasteiger partial charge in [-0.1, -0.05) is 30.3 Å². The first-order valence-corrected chi connectivity index (χ1v) is 7.37. The molecule has 0 fully saturated rings. The van der Waals surface area contributed by atoms with Gasteiger partial charge in [0.05, 0.1) is 17.5 Å². The average Bonchev–Trinajstić information content (AvgIpc) is 2.63. The van der Waals surface area contributed by atoms with Crippen molar-refractivity contribution in [1.29, 1.82) is 0 Å². The molecule has 3 rings (SSSR count). The quantitative estimate of drug-likeness (QED) is 0.675. The number of aromatic carboxylic acids is 1. The van der Waals surface area contributed by atoms with E-state index >= 15 is 0 Å². The number of benzene rings is 2. The molecule has 25 heavy (non-hydrogen) atoms. The SMILES string of the molecule is Nc1ncc(-c2ccc(C(=O)O)cc2)nc1C(=O)Nc1ccccc1. The summed E-state index contributed by atoms with van der Waals surface area (Å²) in [5, 5.41) is 11.6. The van der Waals surface area contributed by atoms with Crippen LogP contribution in [0.5, 0.6) is 0 Å². The van der Waals surface area contributed by atoms with E-state index in [1.54, 1.807) is 36.4 Å². The maximum atomic E-state index is 12.4. The van der Waals surface area contributed by atoms with E-state index in [2.05, 4.69) is 15.3 Å². The number of hydrogen-bond acceptors (Lipinski definition) is 5. The molecule has 0 saturated heterocycles. The number of nitrogen functional groups attached to an aromatic ring is 1. The van der Waals surface area contributed by atoms with Crippen molar-refractivity contribution in [3.8, 4) is 11.3 Å². The Balaban J connectivity index is 1.90. The predicted molar refractivity (Wildman–Crippen MR) is 93.2 cm³/mol. The molecule has 0 aliphatic heterocycles. The van der Waals surface area contributed by atoms with E-state index in [9.17, 15) is 9.59 Å². The van der Waals surface area contributed by atoms with E-state index in [4.69, 9.17) is 10.8 Å². The molecule has 4 N–H and O–H groups in total. The van der Waals surface area contributed by atoms with Crippen molar-refractivity contribution in [3.05, 3.63) is 72.1 Å². The second-order valence-electron chi connectivity index (χ2n) is 5.19. The van der Waals surface area contributed by atoms with Gasteiger partial charge < -0.3 is 16.2 Å². The van der Waals surface area contributed by atoms with Crippen molar-refractivity contribution >= 4 is 23.4 Å². The molecular formula is C18H14N4O3. The van der Waals surface area contributed by atoms with Gasteiger partial charge in [0.25, 0.3) is 5.91 Å². The molecule has 0 bridgehead atoms. The van der Waals surface area contributed by atoms with Gasteiger partial charge in [-0.05, 0) is 24.3 Å². The highest BCUT2D eigenvalue weighted by molar-refractivity contribution is 6.06. The van der Waals surface area contributed by atoms with Crippen molar-refractivity contribution < 1.29 is 14.7 Å². The lowest BCUT2D eigenvalue weighted by atomic mass is 10.1. The van der Waals surface area contributed by atoms with Gasteiger partial charge in [-0.25, -0.2) is 14.8 Å². The third kappa shape index (κ3) is 3.61. The summed E-state index contributed by atoms with van der Waals surface area (Å²) in [5.74, 6) is -1.47. The van der Waals surface area contributed by atoms with Crippen LogP contribution in [0, 0.1) is 0 Å². The second-order valence-corrected chi connectivity index (χ2v) is 5.19. The molecule has 2 aromatic carbocycles. The lowest BCUT2D eigenvalue weighted by Crippen LogP contribution is -2.17. The number of nitrogens with one attached hydrogen (secondary N) is 1. The Morgan fingerprint density at radius 2 is 1.68 bits per heavy atom. The van der Waals surface area contributed by atoms with E-state index < -0.39 is 11.9 Å². The first-order chi connectivity index (χ1) is 12.0. The second kappa shape index (κ2) is 6.79. The van der Waals surface area contributed by atoms with Crippen molar-refractivity contribution in [2.45, 2.75) is 0 Å². The number of amides is 1. The number of hydrogen-bond donors (Lipinski definition) is 3. The Bertz CT molecular complexity index is 925. The van der Waals surface area contributed by atoms with Gasteiger partial charge in [0.1, 0.15) is 0 Å². The molecular weight excluding hydrogens is 320 g/mol. The van der Waals surface area contributed by atoms with E-state index in [1.807, 2.05) is 6.07 Å². The zero-order valence-corrected chi connectivity index (χ0v) is 13.0. The van der Waals surface area contributed by atoms with Crippen molar-refractivity contribution in [2.75, 3.05) is 11.1 Å². The summed E-state index contributed by atoms with van der Waals surface area (Å²) in [6, 6.07) is 15.0. The first kappa shape index (κ1) is 16.1. The normalized spacial score (nSPS) is 10.2. The fourth-order valence-electron chi connectivity index (χ4n) is 2.20. The number of anilines is 2. The van der Waals surface area contributed by atoms with Gasteiger partial charge in [0.15, 0.2) is 11.5 Å². The van der Waals surface area contributed by atoms with E-state index in [0.29, 0.717) is 16.9 Å². The maximum absolute atomic E-state index is 12.4. The van der Waals surface area contributed by atoms with Gasteiger partial charge in [-0.2, -0.15) is 0 Å². The number of carbonyl (C=O) groups is 2. The van der Waals surface area contributed by atoms with E-state index in [-0.39, 0.29) is 17.1 Å². The average molecular weight is 334 g/mol. The van der Waals surface area contributed by atoms with Crippen LogP contribution in [-0.4, -0.2) is 27.0 Å². The summed E-state index contributed by atoms with van der Waals surface area (Å²) in [4.78, 5) is 31.6. The number of nitrogens with zero attached hydrogens (tertiary/aromatic N) is 2. The minimum absolute atomic E-state index is 0.00339. The number of nitrogens with two attached hydrogens (primary N) is 1. The van der Waals surface area contributed by atoms with Crippen LogP contribution in [0.4, 0.5) is 11.5 Å². The Morgan fingerprint density at radius 1 is 1.00 bits per heavy atom. The highest BCUT2D eigenvalue weighted by Crippen LogP contribution is 2.20. The van der Waals surface area contributed by atoms with Crippen LogP contribution in [-0.2, 0) is 0 Å². The standard InChI is InChI=1S/C18H14N4O3/c19-16-15(17(23)21-13-4-2-1-3-5-13)22-14(10-20-16)11-6-8-12(9-7-11)18(24)25/h1-10H,(H2,19,20)(H,21,23)(H,24,25). The first-order valence-electron chi connectivity index (χ1n) is 7.37. The van der Waals surface area contributed by atoms with Crippen LogP contribution in [0.2, 0.25) is 0 Å². The largest absolute Gasteiger partial charge is 0.478 e. The molecule has 3 aromatic rings. The summed E-state index contributed by atoms with van der Waals surface area (Å²) < 4.78 is 0. The Kier molecular flexibility index (Phi) is 4.38. The highest BCUT2D eigenvalue weighted by atomic mass is 16.4. The smallest absolute Gasteiger partial charge is 0.335 e. The minimum atomic E-state index is -1.02. The van der Waals surface area contributed by atoms with Gasteiger partial charge in [-0.3, -0.25) is 4.79 Å². The van der Waals surface area contributed by atoms with Crippen LogP contribution in [0.3, 0.4) is 0 Å². The molecule has 0 spiro atoms. The Morgan fingerprint density at radius 3 is 2.32 bits per heavy atom. The number of aromatic nitrogens is 2.